The number of nitrogens with one attached hydrogen (secondary N) is 2. The van der Waals surface area contributed by atoms with Gasteiger partial charge in [0.15, 0.2) is 0 Å². The van der Waals surface area contributed by atoms with Gasteiger partial charge in [0.25, 0.3) is 0 Å². The molecule has 170 valence electrons. The maximum absolute atomic E-state index is 11.8. The Morgan fingerprint density at radius 3 is 1.34 bits per heavy atom. The monoisotopic (exact) mass is 434 g/mol. The third-order valence-electron chi connectivity index (χ3n) is 5.02. The molecule has 0 aliphatic carbocycles. The van der Waals surface area contributed by atoms with Crippen molar-refractivity contribution in [2.45, 2.75) is 65.2 Å². The molecule has 0 heterocycles. The lowest BCUT2D eigenvalue weighted by Crippen LogP contribution is -2.17. The third kappa shape index (κ3) is 11.2. The maximum Gasteiger partial charge on any atom is 0.240 e. The Morgan fingerprint density at radius 1 is 0.625 bits per heavy atom. The molecule has 0 spiro atoms. The molecule has 32 heavy (non-hydrogen) atoms. The van der Waals surface area contributed by atoms with E-state index in [1.165, 1.54) is 11.1 Å². The molecule has 2 rings (SSSR count). The van der Waals surface area contributed by atoms with Crippen molar-refractivity contribution in [2.24, 2.45) is 10.2 Å². The summed E-state index contributed by atoms with van der Waals surface area (Å²) in [4.78, 5) is 23.6. The number of hydrazone groups is 2. The van der Waals surface area contributed by atoms with Gasteiger partial charge in [0.2, 0.25) is 11.8 Å². The number of rotatable bonds is 13. The van der Waals surface area contributed by atoms with E-state index in [9.17, 15) is 9.59 Å². The summed E-state index contributed by atoms with van der Waals surface area (Å²) in [6, 6.07) is 15.9. The fourth-order valence-corrected chi connectivity index (χ4v) is 3.05. The van der Waals surface area contributed by atoms with Gasteiger partial charge in [0.05, 0.1) is 12.4 Å². The van der Waals surface area contributed by atoms with Crippen LogP contribution in [0.5, 0.6) is 0 Å². The van der Waals surface area contributed by atoms with Crippen LogP contribution < -0.4 is 10.9 Å². The molecule has 6 heteroatoms. The molecule has 0 atom stereocenters. The van der Waals surface area contributed by atoms with Crippen LogP contribution in [0, 0.1) is 13.8 Å². The van der Waals surface area contributed by atoms with Crippen molar-refractivity contribution in [1.82, 2.24) is 10.9 Å². The van der Waals surface area contributed by atoms with Crippen LogP contribution in [0.4, 0.5) is 0 Å². The molecule has 0 saturated carbocycles. The average molecular weight is 435 g/mol. The smallest absolute Gasteiger partial charge is 0.240 e. The van der Waals surface area contributed by atoms with Gasteiger partial charge in [-0.05, 0) is 37.8 Å². The lowest BCUT2D eigenvalue weighted by molar-refractivity contribution is -0.122. The van der Waals surface area contributed by atoms with Gasteiger partial charge in [-0.3, -0.25) is 9.59 Å². The third-order valence-corrected chi connectivity index (χ3v) is 5.02. The zero-order valence-electron chi connectivity index (χ0n) is 19.1. The van der Waals surface area contributed by atoms with Gasteiger partial charge in [0, 0.05) is 12.8 Å². The first kappa shape index (κ1) is 25.0. The quantitative estimate of drug-likeness (QED) is 0.263. The van der Waals surface area contributed by atoms with Crippen LogP contribution in [0.2, 0.25) is 0 Å². The predicted molar refractivity (Wildman–Crippen MR) is 131 cm³/mol. The Bertz CT molecular complexity index is 812. The van der Waals surface area contributed by atoms with Crippen LogP contribution in [0.3, 0.4) is 0 Å². The SMILES string of the molecule is Cc1ccc(C=NNC(=O)CCCCCCCCC(=O)NN=Cc2ccc(C)cc2)cc1. The number of hydrogen-bond donors (Lipinski definition) is 2. The molecular formula is C26H34N4O2. The van der Waals surface area contributed by atoms with E-state index in [0.717, 1.165) is 49.7 Å². The molecule has 2 N–H and O–H groups in total. The number of unbranched alkanes of at least 4 members (excludes halogenated alkanes) is 5. The molecule has 2 aromatic rings. The summed E-state index contributed by atoms with van der Waals surface area (Å²) in [6.07, 6.45) is 10.1. The van der Waals surface area contributed by atoms with Crippen molar-refractivity contribution >= 4 is 24.2 Å². The summed E-state index contributed by atoms with van der Waals surface area (Å²) < 4.78 is 0. The molecule has 0 aliphatic heterocycles. The largest absolute Gasteiger partial charge is 0.273 e. The molecule has 0 aromatic heterocycles. The fraction of sp³-hybridized carbons (Fsp3) is 0.385. The Balaban J connectivity index is 1.43. The minimum absolute atomic E-state index is 0.0591. The van der Waals surface area contributed by atoms with Crippen LogP contribution in [0.25, 0.3) is 0 Å². The topological polar surface area (TPSA) is 82.9 Å². The highest BCUT2D eigenvalue weighted by molar-refractivity contribution is 5.83. The van der Waals surface area contributed by atoms with E-state index in [-0.39, 0.29) is 11.8 Å². The summed E-state index contributed by atoms with van der Waals surface area (Å²) in [5.41, 5.74) is 9.45. The van der Waals surface area contributed by atoms with E-state index in [1.54, 1.807) is 12.4 Å². The van der Waals surface area contributed by atoms with E-state index >= 15 is 0 Å². The Labute approximate surface area is 191 Å². The highest BCUT2D eigenvalue weighted by atomic mass is 16.2. The van der Waals surface area contributed by atoms with Gasteiger partial charge < -0.3 is 0 Å². The molecule has 0 saturated heterocycles. The first-order chi connectivity index (χ1) is 15.5. The van der Waals surface area contributed by atoms with Gasteiger partial charge >= 0.3 is 0 Å². The summed E-state index contributed by atoms with van der Waals surface area (Å²) in [5.74, 6) is -0.118. The van der Waals surface area contributed by atoms with Crippen LogP contribution in [-0.2, 0) is 9.59 Å². The van der Waals surface area contributed by atoms with Gasteiger partial charge in [0.1, 0.15) is 0 Å². The van der Waals surface area contributed by atoms with Crippen molar-refractivity contribution in [1.29, 1.82) is 0 Å². The molecule has 0 unspecified atom stereocenters. The van der Waals surface area contributed by atoms with Crippen molar-refractivity contribution in [3.05, 3.63) is 70.8 Å². The Kier molecular flexibility index (Phi) is 11.5. The standard InChI is InChI=1S/C26H34N4O2/c1-21-11-15-23(16-12-21)19-27-29-25(31)9-7-5-3-4-6-8-10-26(32)30-28-20-24-17-13-22(2)14-18-24/h11-20H,3-10H2,1-2H3,(H,29,31)(H,30,32). The molecule has 0 aliphatic rings. The number of amides is 2. The van der Waals surface area contributed by atoms with E-state index < -0.39 is 0 Å². The van der Waals surface area contributed by atoms with E-state index in [4.69, 9.17) is 0 Å². The lowest BCUT2D eigenvalue weighted by atomic mass is 10.1. The summed E-state index contributed by atoms with van der Waals surface area (Å²) in [6.45, 7) is 4.06. The van der Waals surface area contributed by atoms with Crippen LogP contribution >= 0.6 is 0 Å². The second-order valence-corrected chi connectivity index (χ2v) is 8.03. The predicted octanol–water partition coefficient (Wildman–Crippen LogP) is 5.02. The first-order valence-electron chi connectivity index (χ1n) is 11.3. The summed E-state index contributed by atoms with van der Waals surface area (Å²) in [7, 11) is 0. The summed E-state index contributed by atoms with van der Waals surface area (Å²) >= 11 is 0. The fourth-order valence-electron chi connectivity index (χ4n) is 3.05. The van der Waals surface area contributed by atoms with Crippen LogP contribution in [0.15, 0.2) is 58.7 Å². The average Bonchev–Trinajstić information content (AvgIpc) is 2.78. The number of nitrogens with zero attached hydrogens (tertiary/aromatic N) is 2. The Hall–Kier alpha value is -3.28. The van der Waals surface area contributed by atoms with Gasteiger partial charge in [-0.25, -0.2) is 10.9 Å². The number of benzene rings is 2. The highest BCUT2D eigenvalue weighted by Gasteiger charge is 2.01. The number of aryl methyl sites for hydroxylation is 2. The van der Waals surface area contributed by atoms with Crippen molar-refractivity contribution in [3.63, 3.8) is 0 Å². The van der Waals surface area contributed by atoms with E-state index in [2.05, 4.69) is 21.1 Å². The van der Waals surface area contributed by atoms with Crippen molar-refractivity contribution in [3.8, 4) is 0 Å². The molecule has 0 radical (unpaired) electrons. The van der Waals surface area contributed by atoms with Crippen molar-refractivity contribution in [2.75, 3.05) is 0 Å². The van der Waals surface area contributed by atoms with Gasteiger partial charge in [-0.1, -0.05) is 85.3 Å². The van der Waals surface area contributed by atoms with Gasteiger partial charge in [-0.2, -0.15) is 10.2 Å². The summed E-state index contributed by atoms with van der Waals surface area (Å²) in [5, 5.41) is 7.99. The maximum atomic E-state index is 11.8. The van der Waals surface area contributed by atoms with E-state index in [1.807, 2.05) is 62.4 Å². The van der Waals surface area contributed by atoms with Crippen LogP contribution in [-0.4, -0.2) is 24.2 Å². The molecule has 6 nitrogen and oxygen atoms in total. The number of carbonyl (C=O) groups is 2. The van der Waals surface area contributed by atoms with Crippen LogP contribution in [0.1, 0.15) is 73.6 Å². The van der Waals surface area contributed by atoms with Gasteiger partial charge in [-0.15, -0.1) is 0 Å². The minimum Gasteiger partial charge on any atom is -0.273 e. The Morgan fingerprint density at radius 2 is 0.969 bits per heavy atom. The first-order valence-corrected chi connectivity index (χ1v) is 11.3. The van der Waals surface area contributed by atoms with E-state index in [0.29, 0.717) is 12.8 Å². The normalized spacial score (nSPS) is 11.2. The highest BCUT2D eigenvalue weighted by Crippen LogP contribution is 2.09. The number of hydrogen-bond acceptors (Lipinski definition) is 4. The minimum atomic E-state index is -0.0591. The zero-order chi connectivity index (χ0) is 23.0. The second kappa shape index (κ2) is 14.7. The van der Waals surface area contributed by atoms with Crippen molar-refractivity contribution < 1.29 is 9.59 Å². The molecule has 2 amide bonds. The second-order valence-electron chi connectivity index (χ2n) is 8.03. The molecule has 2 aromatic carbocycles. The zero-order valence-corrected chi connectivity index (χ0v) is 19.1. The molecule has 0 bridgehead atoms. The lowest BCUT2D eigenvalue weighted by Gasteiger charge is -2.02. The number of carbonyl (C=O) groups excluding carboxylic acids is 2. The molecule has 0 fully saturated rings. The molecular weight excluding hydrogens is 400 g/mol.